The highest BCUT2D eigenvalue weighted by Gasteiger charge is 2.15. The Morgan fingerprint density at radius 3 is 2.44 bits per heavy atom. The SMILES string of the molecule is CCS(=O)(=O)CCNS(=O)(=O)c1ccc(N)nc1. The summed E-state index contributed by atoms with van der Waals surface area (Å²) < 4.78 is 48.1. The number of nitrogens with zero attached hydrogens (tertiary/aromatic N) is 1. The topological polar surface area (TPSA) is 119 Å². The maximum Gasteiger partial charge on any atom is 0.242 e. The van der Waals surface area contributed by atoms with Gasteiger partial charge >= 0.3 is 0 Å². The fraction of sp³-hybridized carbons (Fsp3) is 0.444. The lowest BCUT2D eigenvalue weighted by molar-refractivity contribution is 0.581. The molecular weight excluding hydrogens is 278 g/mol. The average Bonchev–Trinajstić information content (AvgIpc) is 2.29. The molecule has 0 saturated heterocycles. The van der Waals surface area contributed by atoms with Gasteiger partial charge in [0.05, 0.1) is 5.75 Å². The number of aromatic nitrogens is 1. The Morgan fingerprint density at radius 1 is 1.28 bits per heavy atom. The van der Waals surface area contributed by atoms with Crippen LogP contribution in [0.1, 0.15) is 6.92 Å². The number of sulfone groups is 1. The van der Waals surface area contributed by atoms with Gasteiger partial charge in [0, 0.05) is 18.5 Å². The van der Waals surface area contributed by atoms with E-state index in [1.165, 1.54) is 19.1 Å². The van der Waals surface area contributed by atoms with E-state index in [4.69, 9.17) is 5.73 Å². The van der Waals surface area contributed by atoms with Crippen molar-refractivity contribution >= 4 is 25.7 Å². The van der Waals surface area contributed by atoms with Gasteiger partial charge in [-0.3, -0.25) is 0 Å². The van der Waals surface area contributed by atoms with Gasteiger partial charge in [0.15, 0.2) is 9.84 Å². The number of nitrogen functional groups attached to an aromatic ring is 1. The molecule has 1 aromatic heterocycles. The summed E-state index contributed by atoms with van der Waals surface area (Å²) in [5.74, 6) is -0.0361. The van der Waals surface area contributed by atoms with Gasteiger partial charge in [-0.2, -0.15) is 0 Å². The summed E-state index contributed by atoms with van der Waals surface area (Å²) >= 11 is 0. The summed E-state index contributed by atoms with van der Waals surface area (Å²) in [6, 6.07) is 2.66. The first-order chi connectivity index (χ1) is 8.27. The predicted octanol–water partition coefficient (Wildman–Crippen LogP) is -0.623. The molecule has 0 amide bonds. The van der Waals surface area contributed by atoms with Crippen LogP contribution >= 0.6 is 0 Å². The maximum atomic E-state index is 11.7. The number of pyridine rings is 1. The fourth-order valence-electron chi connectivity index (χ4n) is 1.11. The third-order valence-electron chi connectivity index (χ3n) is 2.21. The summed E-state index contributed by atoms with van der Waals surface area (Å²) in [7, 11) is -6.93. The van der Waals surface area contributed by atoms with E-state index in [1.807, 2.05) is 0 Å². The highest BCUT2D eigenvalue weighted by Crippen LogP contribution is 2.08. The largest absolute Gasteiger partial charge is 0.384 e. The molecule has 18 heavy (non-hydrogen) atoms. The first kappa shape index (κ1) is 14.9. The number of nitrogens with two attached hydrogens (primary N) is 1. The quantitative estimate of drug-likeness (QED) is 0.721. The van der Waals surface area contributed by atoms with Gasteiger partial charge in [-0.15, -0.1) is 0 Å². The molecule has 0 aromatic carbocycles. The molecule has 0 aliphatic carbocycles. The Balaban J connectivity index is 2.69. The number of sulfonamides is 1. The number of hydrogen-bond donors (Lipinski definition) is 2. The highest BCUT2D eigenvalue weighted by molar-refractivity contribution is 7.91. The summed E-state index contributed by atoms with van der Waals surface area (Å²) in [6.07, 6.45) is 1.12. The van der Waals surface area contributed by atoms with Gasteiger partial charge < -0.3 is 5.73 Å². The monoisotopic (exact) mass is 293 g/mol. The Hall–Kier alpha value is -1.19. The Morgan fingerprint density at radius 2 is 1.94 bits per heavy atom. The summed E-state index contributed by atoms with van der Waals surface area (Å²) in [6.45, 7) is 1.34. The number of nitrogens with one attached hydrogen (secondary N) is 1. The molecule has 0 aliphatic rings. The van der Waals surface area contributed by atoms with Gasteiger partial charge in [0.1, 0.15) is 10.7 Å². The van der Waals surface area contributed by atoms with Crippen LogP contribution < -0.4 is 10.5 Å². The van der Waals surface area contributed by atoms with E-state index in [0.29, 0.717) is 0 Å². The first-order valence-electron chi connectivity index (χ1n) is 5.18. The zero-order chi connectivity index (χ0) is 13.8. The van der Waals surface area contributed by atoms with Crippen LogP contribution in [0.3, 0.4) is 0 Å². The molecule has 1 aromatic rings. The van der Waals surface area contributed by atoms with Gasteiger partial charge in [0.2, 0.25) is 10.0 Å². The number of hydrogen-bond acceptors (Lipinski definition) is 6. The van der Waals surface area contributed by atoms with Gasteiger partial charge in [-0.25, -0.2) is 26.5 Å². The van der Waals surface area contributed by atoms with E-state index < -0.39 is 19.9 Å². The molecule has 1 heterocycles. The molecule has 0 saturated carbocycles. The molecule has 102 valence electrons. The van der Waals surface area contributed by atoms with E-state index >= 15 is 0 Å². The molecule has 9 heteroatoms. The molecule has 7 nitrogen and oxygen atoms in total. The third-order valence-corrected chi connectivity index (χ3v) is 5.37. The van der Waals surface area contributed by atoms with Gasteiger partial charge in [-0.1, -0.05) is 6.92 Å². The summed E-state index contributed by atoms with van der Waals surface area (Å²) in [4.78, 5) is 3.61. The van der Waals surface area contributed by atoms with Crippen LogP contribution in [0.15, 0.2) is 23.2 Å². The van der Waals surface area contributed by atoms with E-state index in [2.05, 4.69) is 9.71 Å². The van der Waals surface area contributed by atoms with Crippen molar-refractivity contribution in [3.63, 3.8) is 0 Å². The van der Waals surface area contributed by atoms with Crippen molar-refractivity contribution in [2.75, 3.05) is 23.8 Å². The van der Waals surface area contributed by atoms with Crippen molar-refractivity contribution in [1.29, 1.82) is 0 Å². The van der Waals surface area contributed by atoms with Gasteiger partial charge in [-0.05, 0) is 12.1 Å². The minimum absolute atomic E-state index is 0.0157. The normalized spacial score (nSPS) is 12.5. The second-order valence-corrected chi connectivity index (χ2v) is 7.79. The van der Waals surface area contributed by atoms with E-state index in [0.717, 1.165) is 6.20 Å². The van der Waals surface area contributed by atoms with Crippen molar-refractivity contribution in [3.8, 4) is 0 Å². The van der Waals surface area contributed by atoms with Crippen LogP contribution in [0.2, 0.25) is 0 Å². The van der Waals surface area contributed by atoms with Gasteiger partial charge in [0.25, 0.3) is 0 Å². The zero-order valence-electron chi connectivity index (χ0n) is 9.83. The Kier molecular flexibility index (Phi) is 4.65. The third kappa shape index (κ3) is 4.24. The molecule has 3 N–H and O–H groups in total. The minimum Gasteiger partial charge on any atom is -0.384 e. The molecular formula is C9H15N3O4S2. The van der Waals surface area contributed by atoms with E-state index in [9.17, 15) is 16.8 Å². The van der Waals surface area contributed by atoms with Crippen molar-refractivity contribution < 1.29 is 16.8 Å². The fourth-order valence-corrected chi connectivity index (χ4v) is 2.92. The second kappa shape index (κ2) is 5.63. The summed E-state index contributed by atoms with van der Waals surface area (Å²) in [5, 5.41) is 0. The second-order valence-electron chi connectivity index (χ2n) is 3.55. The zero-order valence-corrected chi connectivity index (χ0v) is 11.5. The van der Waals surface area contributed by atoms with Crippen LogP contribution in [-0.4, -0.2) is 39.9 Å². The Bertz CT molecular complexity index is 593. The molecule has 0 spiro atoms. The van der Waals surface area contributed by atoms with Crippen LogP contribution in [-0.2, 0) is 19.9 Å². The first-order valence-corrected chi connectivity index (χ1v) is 8.49. The molecule has 0 radical (unpaired) electrons. The molecule has 0 unspecified atom stereocenters. The van der Waals surface area contributed by atoms with E-state index in [-0.39, 0.29) is 28.8 Å². The lowest BCUT2D eigenvalue weighted by Gasteiger charge is -2.06. The van der Waals surface area contributed by atoms with Crippen LogP contribution in [0.5, 0.6) is 0 Å². The van der Waals surface area contributed by atoms with Crippen LogP contribution in [0.25, 0.3) is 0 Å². The maximum absolute atomic E-state index is 11.7. The number of anilines is 1. The smallest absolute Gasteiger partial charge is 0.242 e. The van der Waals surface area contributed by atoms with Crippen molar-refractivity contribution in [2.24, 2.45) is 0 Å². The van der Waals surface area contributed by atoms with Crippen molar-refractivity contribution in [2.45, 2.75) is 11.8 Å². The summed E-state index contributed by atoms with van der Waals surface area (Å²) in [5.41, 5.74) is 5.34. The van der Waals surface area contributed by atoms with Crippen molar-refractivity contribution in [3.05, 3.63) is 18.3 Å². The standard InChI is InChI=1S/C9H15N3O4S2/c1-2-17(13,14)6-5-12-18(15,16)8-3-4-9(10)11-7-8/h3-4,7,12H,2,5-6H2,1H3,(H2,10,11). The molecule has 0 atom stereocenters. The molecule has 0 bridgehead atoms. The predicted molar refractivity (Wildman–Crippen MR) is 68.2 cm³/mol. The molecule has 1 rings (SSSR count). The minimum atomic E-state index is -3.74. The highest BCUT2D eigenvalue weighted by atomic mass is 32.2. The van der Waals surface area contributed by atoms with E-state index in [1.54, 1.807) is 0 Å². The van der Waals surface area contributed by atoms with Crippen LogP contribution in [0, 0.1) is 0 Å². The molecule has 0 aliphatic heterocycles. The molecule has 0 fully saturated rings. The Labute approximate surface area is 106 Å². The lowest BCUT2D eigenvalue weighted by Crippen LogP contribution is -2.29. The van der Waals surface area contributed by atoms with Crippen molar-refractivity contribution in [1.82, 2.24) is 9.71 Å². The van der Waals surface area contributed by atoms with Crippen LogP contribution in [0.4, 0.5) is 5.82 Å². The number of rotatable bonds is 6. The average molecular weight is 293 g/mol. The lowest BCUT2D eigenvalue weighted by atomic mass is 10.5.